The third-order valence-corrected chi connectivity index (χ3v) is 3.89. The van der Waals surface area contributed by atoms with Crippen LogP contribution in [0.25, 0.3) is 11.1 Å². The predicted molar refractivity (Wildman–Crippen MR) is 93.3 cm³/mol. The number of benzene rings is 2. The number of aromatic nitrogens is 2. The summed E-state index contributed by atoms with van der Waals surface area (Å²) >= 11 is 0. The molecule has 3 rings (SSSR count). The van der Waals surface area contributed by atoms with Gasteiger partial charge in [-0.2, -0.15) is 0 Å². The number of aryl methyl sites for hydroxylation is 1. The number of anilines is 1. The van der Waals surface area contributed by atoms with Gasteiger partial charge >= 0.3 is 0 Å². The molecule has 0 fully saturated rings. The third-order valence-electron chi connectivity index (χ3n) is 3.89. The predicted octanol–water partition coefficient (Wildman–Crippen LogP) is 2.93. The van der Waals surface area contributed by atoms with Crippen molar-refractivity contribution in [1.82, 2.24) is 9.55 Å². The molecular formula is C19H19N3O. The van der Waals surface area contributed by atoms with E-state index in [0.717, 1.165) is 11.1 Å². The van der Waals surface area contributed by atoms with Gasteiger partial charge in [-0.3, -0.25) is 9.36 Å². The number of hydrogen-bond donors (Lipinski definition) is 1. The van der Waals surface area contributed by atoms with Gasteiger partial charge < -0.3 is 5.73 Å². The van der Waals surface area contributed by atoms with E-state index in [1.807, 2.05) is 12.1 Å². The molecule has 0 unspecified atom stereocenters. The summed E-state index contributed by atoms with van der Waals surface area (Å²) in [6.45, 7) is 2.08. The SMILES string of the molecule is Cc1cccc(-c2cccc(Cc3cc(=O)n(C)c(N)n3)c2)c1. The van der Waals surface area contributed by atoms with Crippen LogP contribution in [0.2, 0.25) is 0 Å². The molecule has 0 bridgehead atoms. The zero-order chi connectivity index (χ0) is 16.4. The highest BCUT2D eigenvalue weighted by Gasteiger charge is 2.05. The quantitative estimate of drug-likeness (QED) is 0.809. The summed E-state index contributed by atoms with van der Waals surface area (Å²) in [5, 5.41) is 0. The first kappa shape index (κ1) is 15.0. The second kappa shape index (κ2) is 6.08. The van der Waals surface area contributed by atoms with Crippen LogP contribution < -0.4 is 11.3 Å². The molecule has 4 heteroatoms. The highest BCUT2D eigenvalue weighted by molar-refractivity contribution is 5.65. The van der Waals surface area contributed by atoms with E-state index in [4.69, 9.17) is 5.73 Å². The molecule has 3 aromatic rings. The lowest BCUT2D eigenvalue weighted by atomic mass is 10.00. The Balaban J connectivity index is 1.93. The van der Waals surface area contributed by atoms with Crippen LogP contribution in [0.4, 0.5) is 5.95 Å². The molecule has 23 heavy (non-hydrogen) atoms. The molecule has 4 nitrogen and oxygen atoms in total. The summed E-state index contributed by atoms with van der Waals surface area (Å²) in [7, 11) is 1.62. The number of rotatable bonds is 3. The van der Waals surface area contributed by atoms with Crippen LogP contribution in [-0.2, 0) is 13.5 Å². The highest BCUT2D eigenvalue weighted by Crippen LogP contribution is 2.22. The van der Waals surface area contributed by atoms with Gasteiger partial charge in [0, 0.05) is 19.5 Å². The van der Waals surface area contributed by atoms with Gasteiger partial charge in [0.2, 0.25) is 5.95 Å². The maximum absolute atomic E-state index is 11.8. The number of nitrogens with two attached hydrogens (primary N) is 1. The van der Waals surface area contributed by atoms with E-state index in [9.17, 15) is 4.79 Å². The van der Waals surface area contributed by atoms with Gasteiger partial charge in [0.05, 0.1) is 5.69 Å². The van der Waals surface area contributed by atoms with E-state index in [1.54, 1.807) is 7.05 Å². The molecule has 2 N–H and O–H groups in total. The van der Waals surface area contributed by atoms with Crippen LogP contribution in [0, 0.1) is 6.92 Å². The lowest BCUT2D eigenvalue weighted by Gasteiger charge is -2.08. The van der Waals surface area contributed by atoms with Crippen molar-refractivity contribution in [1.29, 1.82) is 0 Å². The Morgan fingerprint density at radius 2 is 1.74 bits per heavy atom. The minimum Gasteiger partial charge on any atom is -0.369 e. The van der Waals surface area contributed by atoms with Gasteiger partial charge in [0.15, 0.2) is 0 Å². The Kier molecular flexibility index (Phi) is 3.98. The smallest absolute Gasteiger partial charge is 0.254 e. The van der Waals surface area contributed by atoms with Crippen molar-refractivity contribution in [3.05, 3.63) is 81.8 Å². The Bertz CT molecular complexity index is 912. The van der Waals surface area contributed by atoms with Crippen molar-refractivity contribution in [2.75, 3.05) is 5.73 Å². The van der Waals surface area contributed by atoms with Crippen LogP contribution in [0.3, 0.4) is 0 Å². The van der Waals surface area contributed by atoms with Gasteiger partial charge in [-0.25, -0.2) is 4.98 Å². The van der Waals surface area contributed by atoms with Crippen LogP contribution in [0.5, 0.6) is 0 Å². The van der Waals surface area contributed by atoms with Gasteiger partial charge in [-0.15, -0.1) is 0 Å². The van der Waals surface area contributed by atoms with E-state index >= 15 is 0 Å². The molecule has 0 radical (unpaired) electrons. The van der Waals surface area contributed by atoms with Crippen LogP contribution in [0.1, 0.15) is 16.8 Å². The molecule has 0 amide bonds. The van der Waals surface area contributed by atoms with Crippen molar-refractivity contribution in [3.63, 3.8) is 0 Å². The molecule has 0 aliphatic carbocycles. The summed E-state index contributed by atoms with van der Waals surface area (Å²) in [6.07, 6.45) is 0.583. The number of nitrogens with zero attached hydrogens (tertiary/aromatic N) is 2. The molecule has 0 atom stereocenters. The highest BCUT2D eigenvalue weighted by atomic mass is 16.1. The van der Waals surface area contributed by atoms with E-state index < -0.39 is 0 Å². The molecule has 1 heterocycles. The minimum absolute atomic E-state index is 0.137. The van der Waals surface area contributed by atoms with Gasteiger partial charge in [-0.05, 0) is 23.6 Å². The van der Waals surface area contributed by atoms with Crippen molar-refractivity contribution >= 4 is 5.95 Å². The second-order valence-corrected chi connectivity index (χ2v) is 5.75. The van der Waals surface area contributed by atoms with Crippen molar-refractivity contribution < 1.29 is 0 Å². The molecule has 0 spiro atoms. The Morgan fingerprint density at radius 3 is 2.43 bits per heavy atom. The summed E-state index contributed by atoms with van der Waals surface area (Å²) in [4.78, 5) is 16.1. The Hall–Kier alpha value is -2.88. The average Bonchev–Trinajstić information content (AvgIpc) is 2.53. The van der Waals surface area contributed by atoms with Crippen LogP contribution in [-0.4, -0.2) is 9.55 Å². The molecule has 0 saturated carbocycles. The molecule has 0 saturated heterocycles. The molecule has 2 aromatic carbocycles. The molecular weight excluding hydrogens is 286 g/mol. The molecule has 1 aromatic heterocycles. The summed E-state index contributed by atoms with van der Waals surface area (Å²) in [5.41, 5.74) is 11.0. The Morgan fingerprint density at radius 1 is 1.04 bits per heavy atom. The monoisotopic (exact) mass is 305 g/mol. The van der Waals surface area contributed by atoms with E-state index in [0.29, 0.717) is 12.1 Å². The largest absolute Gasteiger partial charge is 0.369 e. The molecule has 116 valence electrons. The lowest BCUT2D eigenvalue weighted by molar-refractivity contribution is 0.825. The van der Waals surface area contributed by atoms with E-state index in [1.165, 1.54) is 21.8 Å². The zero-order valence-corrected chi connectivity index (χ0v) is 13.3. The van der Waals surface area contributed by atoms with Crippen LogP contribution >= 0.6 is 0 Å². The van der Waals surface area contributed by atoms with Gasteiger partial charge in [0.25, 0.3) is 5.56 Å². The van der Waals surface area contributed by atoms with E-state index in [2.05, 4.69) is 48.3 Å². The fourth-order valence-electron chi connectivity index (χ4n) is 2.59. The van der Waals surface area contributed by atoms with Crippen LogP contribution in [0.15, 0.2) is 59.4 Å². The summed E-state index contributed by atoms with van der Waals surface area (Å²) < 4.78 is 1.34. The van der Waals surface area contributed by atoms with Gasteiger partial charge in [-0.1, -0.05) is 54.1 Å². The normalized spacial score (nSPS) is 10.7. The Labute approximate surface area is 135 Å². The second-order valence-electron chi connectivity index (χ2n) is 5.75. The number of hydrogen-bond acceptors (Lipinski definition) is 3. The number of nitrogen functional groups attached to an aromatic ring is 1. The third kappa shape index (κ3) is 3.31. The molecule has 0 aliphatic heterocycles. The van der Waals surface area contributed by atoms with Gasteiger partial charge in [0.1, 0.15) is 0 Å². The van der Waals surface area contributed by atoms with E-state index in [-0.39, 0.29) is 11.5 Å². The molecule has 0 aliphatic rings. The average molecular weight is 305 g/mol. The maximum atomic E-state index is 11.8. The maximum Gasteiger partial charge on any atom is 0.254 e. The first-order chi connectivity index (χ1) is 11.0. The lowest BCUT2D eigenvalue weighted by Crippen LogP contribution is -2.21. The minimum atomic E-state index is -0.137. The first-order valence-electron chi connectivity index (χ1n) is 7.51. The van der Waals surface area contributed by atoms with Crippen molar-refractivity contribution in [2.24, 2.45) is 7.05 Å². The standard InChI is InChI=1S/C19H19N3O/c1-13-5-3-7-15(9-13)16-8-4-6-14(10-16)11-17-12-18(23)22(2)19(20)21-17/h3-10,12H,11H2,1-2H3,(H2,20,21). The zero-order valence-electron chi connectivity index (χ0n) is 13.3. The summed E-state index contributed by atoms with van der Waals surface area (Å²) in [6, 6.07) is 18.2. The van der Waals surface area contributed by atoms with Crippen molar-refractivity contribution in [2.45, 2.75) is 13.3 Å². The summed E-state index contributed by atoms with van der Waals surface area (Å²) in [5.74, 6) is 0.238. The fourth-order valence-corrected chi connectivity index (χ4v) is 2.59. The first-order valence-corrected chi connectivity index (χ1v) is 7.51. The fraction of sp³-hybridized carbons (Fsp3) is 0.158. The topological polar surface area (TPSA) is 60.9 Å². The van der Waals surface area contributed by atoms with Crippen molar-refractivity contribution in [3.8, 4) is 11.1 Å².